The first kappa shape index (κ1) is 12.5. The van der Waals surface area contributed by atoms with Gasteiger partial charge in [0, 0.05) is 32.1 Å². The van der Waals surface area contributed by atoms with Crippen LogP contribution in [0.2, 0.25) is 0 Å². The van der Waals surface area contributed by atoms with E-state index in [4.69, 9.17) is 0 Å². The van der Waals surface area contributed by atoms with E-state index < -0.39 is 0 Å². The second-order valence-corrected chi connectivity index (χ2v) is 6.06. The number of pyridine rings is 1. The summed E-state index contributed by atoms with van der Waals surface area (Å²) in [7, 11) is 0. The predicted octanol–water partition coefficient (Wildman–Crippen LogP) is 3.51. The van der Waals surface area contributed by atoms with E-state index in [1.807, 2.05) is 0 Å². The number of hydrogen-bond acceptors (Lipinski definition) is 1. The van der Waals surface area contributed by atoms with Crippen LogP contribution in [0.15, 0.2) is 24.3 Å². The smallest absolute Gasteiger partial charge is 0.213 e. The van der Waals surface area contributed by atoms with Crippen molar-refractivity contribution in [2.45, 2.75) is 33.6 Å². The first-order valence-corrected chi connectivity index (χ1v) is 7.32. The van der Waals surface area contributed by atoms with Crippen LogP contribution in [0.3, 0.4) is 0 Å². The monoisotopic (exact) mass is 255 g/mol. The molecule has 0 spiro atoms. The van der Waals surface area contributed by atoms with E-state index in [1.54, 1.807) is 0 Å². The first-order chi connectivity index (χ1) is 9.13. The highest BCUT2D eigenvalue weighted by molar-refractivity contribution is 5.90. The van der Waals surface area contributed by atoms with Crippen LogP contribution >= 0.6 is 0 Å². The van der Waals surface area contributed by atoms with Gasteiger partial charge in [-0.15, -0.1) is 0 Å². The van der Waals surface area contributed by atoms with E-state index >= 15 is 0 Å². The summed E-state index contributed by atoms with van der Waals surface area (Å²) in [6.07, 6.45) is 2.62. The molecular formula is C17H23N2+. The summed E-state index contributed by atoms with van der Waals surface area (Å²) in [4.78, 5) is 6.04. The molecule has 0 radical (unpaired) electrons. The quantitative estimate of drug-likeness (QED) is 0.762. The van der Waals surface area contributed by atoms with Gasteiger partial charge >= 0.3 is 0 Å². The summed E-state index contributed by atoms with van der Waals surface area (Å²) in [6.45, 7) is 9.06. The van der Waals surface area contributed by atoms with E-state index in [9.17, 15) is 0 Å². The van der Waals surface area contributed by atoms with Crippen LogP contribution in [-0.4, -0.2) is 13.1 Å². The number of anilines is 1. The highest BCUT2D eigenvalue weighted by Gasteiger charge is 2.20. The highest BCUT2D eigenvalue weighted by Crippen LogP contribution is 2.29. The van der Waals surface area contributed by atoms with E-state index in [0.717, 1.165) is 5.92 Å². The van der Waals surface area contributed by atoms with Gasteiger partial charge in [0.2, 0.25) is 5.52 Å². The average molecular weight is 255 g/mol. The van der Waals surface area contributed by atoms with Crippen molar-refractivity contribution in [3.8, 4) is 0 Å². The zero-order valence-electron chi connectivity index (χ0n) is 12.2. The van der Waals surface area contributed by atoms with Crippen molar-refractivity contribution in [3.63, 3.8) is 0 Å². The van der Waals surface area contributed by atoms with Crippen molar-refractivity contribution in [1.29, 1.82) is 0 Å². The molecule has 100 valence electrons. The van der Waals surface area contributed by atoms with Crippen molar-refractivity contribution in [1.82, 2.24) is 0 Å². The maximum atomic E-state index is 3.48. The number of aromatic amines is 1. The Balaban J connectivity index is 2.08. The standard InChI is InChI=1S/C17H22N2/c1-12-6-8-19(9-7-12)17-11-14(3)18-16-5-4-13(2)10-15(16)17/h4-5,10-12H,6-9H2,1-3H3/p+1. The number of H-pyrrole nitrogens is 1. The second kappa shape index (κ2) is 4.84. The molecule has 0 aliphatic carbocycles. The third-order valence-electron chi connectivity index (χ3n) is 4.26. The van der Waals surface area contributed by atoms with Crippen molar-refractivity contribution in [2.75, 3.05) is 18.0 Å². The van der Waals surface area contributed by atoms with E-state index in [-0.39, 0.29) is 0 Å². The lowest BCUT2D eigenvalue weighted by Crippen LogP contribution is -2.33. The molecule has 0 amide bonds. The Morgan fingerprint density at radius 3 is 2.58 bits per heavy atom. The molecule has 1 N–H and O–H groups in total. The van der Waals surface area contributed by atoms with Gasteiger partial charge in [0.05, 0.1) is 11.1 Å². The minimum atomic E-state index is 0.876. The molecule has 1 aromatic heterocycles. The molecule has 3 rings (SSSR count). The average Bonchev–Trinajstić information content (AvgIpc) is 2.39. The topological polar surface area (TPSA) is 17.4 Å². The second-order valence-electron chi connectivity index (χ2n) is 6.06. The van der Waals surface area contributed by atoms with Crippen molar-refractivity contribution < 1.29 is 4.98 Å². The minimum Gasteiger partial charge on any atom is -0.371 e. The molecule has 1 aromatic carbocycles. The zero-order chi connectivity index (χ0) is 13.4. The fourth-order valence-corrected chi connectivity index (χ4v) is 3.02. The molecule has 1 aliphatic rings. The van der Waals surface area contributed by atoms with Gasteiger partial charge < -0.3 is 4.90 Å². The Hall–Kier alpha value is -1.57. The maximum absolute atomic E-state index is 3.48. The van der Waals surface area contributed by atoms with Crippen LogP contribution in [-0.2, 0) is 0 Å². The highest BCUT2D eigenvalue weighted by atomic mass is 15.1. The van der Waals surface area contributed by atoms with E-state index in [1.165, 1.54) is 53.8 Å². The molecule has 0 saturated carbocycles. The number of aromatic nitrogens is 1. The Kier molecular flexibility index (Phi) is 3.17. The largest absolute Gasteiger partial charge is 0.371 e. The molecule has 0 unspecified atom stereocenters. The van der Waals surface area contributed by atoms with Crippen LogP contribution < -0.4 is 9.88 Å². The Morgan fingerprint density at radius 2 is 1.84 bits per heavy atom. The van der Waals surface area contributed by atoms with Gasteiger partial charge in [-0.25, -0.2) is 4.98 Å². The number of fused-ring (bicyclic) bond motifs is 1. The normalized spacial score (nSPS) is 17.1. The molecular weight excluding hydrogens is 232 g/mol. The van der Waals surface area contributed by atoms with Crippen LogP contribution in [0.4, 0.5) is 5.69 Å². The fourth-order valence-electron chi connectivity index (χ4n) is 3.02. The molecule has 2 nitrogen and oxygen atoms in total. The lowest BCUT2D eigenvalue weighted by Gasteiger charge is -2.32. The maximum Gasteiger partial charge on any atom is 0.213 e. The summed E-state index contributed by atoms with van der Waals surface area (Å²) >= 11 is 0. The first-order valence-electron chi connectivity index (χ1n) is 7.32. The summed E-state index contributed by atoms with van der Waals surface area (Å²) < 4.78 is 0. The van der Waals surface area contributed by atoms with E-state index in [2.05, 4.69) is 54.9 Å². The number of aryl methyl sites for hydroxylation is 2. The molecule has 2 aromatic rings. The van der Waals surface area contributed by atoms with Gasteiger partial charge in [-0.1, -0.05) is 13.0 Å². The Bertz CT molecular complexity index is 595. The molecule has 2 heteroatoms. The minimum absolute atomic E-state index is 0.876. The summed E-state index contributed by atoms with van der Waals surface area (Å²) in [6, 6.07) is 8.99. The zero-order valence-corrected chi connectivity index (χ0v) is 12.2. The SMILES string of the molecule is Cc1ccc2[nH+]c(C)cc(N3CCC(C)CC3)c2c1. The van der Waals surface area contributed by atoms with Crippen molar-refractivity contribution in [3.05, 3.63) is 35.5 Å². The summed E-state index contributed by atoms with van der Waals surface area (Å²) in [5.41, 5.74) is 5.22. The number of nitrogens with zero attached hydrogens (tertiary/aromatic N) is 1. The van der Waals surface area contributed by atoms with Gasteiger partial charge in [0.1, 0.15) is 0 Å². The lowest BCUT2D eigenvalue weighted by molar-refractivity contribution is -0.354. The fraction of sp³-hybridized carbons (Fsp3) is 0.471. The number of benzene rings is 1. The van der Waals surface area contributed by atoms with Gasteiger partial charge in [-0.3, -0.25) is 0 Å². The Labute approximate surface area is 115 Å². The van der Waals surface area contributed by atoms with Crippen molar-refractivity contribution >= 4 is 16.6 Å². The summed E-state index contributed by atoms with van der Waals surface area (Å²) in [5, 5.41) is 1.36. The van der Waals surface area contributed by atoms with Gasteiger partial charge in [-0.05, 0) is 37.3 Å². The van der Waals surface area contributed by atoms with Crippen LogP contribution in [0.25, 0.3) is 10.9 Å². The third kappa shape index (κ3) is 2.44. The number of rotatable bonds is 1. The molecule has 2 heterocycles. The molecule has 19 heavy (non-hydrogen) atoms. The van der Waals surface area contributed by atoms with Gasteiger partial charge in [-0.2, -0.15) is 0 Å². The molecule has 1 fully saturated rings. The number of piperidine rings is 1. The van der Waals surface area contributed by atoms with Gasteiger partial charge in [0.15, 0.2) is 5.69 Å². The van der Waals surface area contributed by atoms with E-state index in [0.29, 0.717) is 0 Å². The molecule has 0 bridgehead atoms. The lowest BCUT2D eigenvalue weighted by atomic mass is 9.98. The van der Waals surface area contributed by atoms with Crippen LogP contribution in [0.5, 0.6) is 0 Å². The number of nitrogens with one attached hydrogen (secondary N) is 1. The van der Waals surface area contributed by atoms with Crippen molar-refractivity contribution in [2.24, 2.45) is 5.92 Å². The Morgan fingerprint density at radius 1 is 1.11 bits per heavy atom. The molecule has 0 atom stereocenters. The molecule has 1 saturated heterocycles. The van der Waals surface area contributed by atoms with Crippen LogP contribution in [0, 0.1) is 19.8 Å². The van der Waals surface area contributed by atoms with Crippen LogP contribution in [0.1, 0.15) is 31.0 Å². The van der Waals surface area contributed by atoms with Gasteiger partial charge in [0.25, 0.3) is 0 Å². The number of hydrogen-bond donors (Lipinski definition) is 0. The molecule has 1 aliphatic heterocycles. The summed E-state index contributed by atoms with van der Waals surface area (Å²) in [5.74, 6) is 0.876. The third-order valence-corrected chi connectivity index (χ3v) is 4.26. The predicted molar refractivity (Wildman–Crippen MR) is 80.6 cm³/mol.